The molecule has 28 heavy (non-hydrogen) atoms. The zero-order valence-corrected chi connectivity index (χ0v) is 17.3. The number of rotatable bonds is 9. The van der Waals surface area contributed by atoms with E-state index in [1.165, 1.54) is 0 Å². The number of benzene rings is 2. The molecule has 0 bridgehead atoms. The van der Waals surface area contributed by atoms with Crippen molar-refractivity contribution in [2.75, 3.05) is 6.61 Å². The van der Waals surface area contributed by atoms with Crippen LogP contribution in [0.25, 0.3) is 0 Å². The second kappa shape index (κ2) is 10.6. The summed E-state index contributed by atoms with van der Waals surface area (Å²) in [5, 5.41) is 0. The van der Waals surface area contributed by atoms with Crippen LogP contribution in [0.4, 0.5) is 0 Å². The van der Waals surface area contributed by atoms with E-state index in [-0.39, 0.29) is 11.1 Å². The molecule has 0 amide bonds. The smallest absolute Gasteiger partial charge is 0.344 e. The highest BCUT2D eigenvalue weighted by molar-refractivity contribution is 6.03. The van der Waals surface area contributed by atoms with Gasteiger partial charge in [0, 0.05) is 0 Å². The fourth-order valence-corrected chi connectivity index (χ4v) is 3.16. The predicted octanol–water partition coefficient (Wildman–Crippen LogP) is 5.90. The maximum Gasteiger partial charge on any atom is 0.344 e. The fraction of sp³-hybridized carbons (Fsp3) is 0.417. The van der Waals surface area contributed by atoms with Crippen LogP contribution in [0.3, 0.4) is 0 Å². The van der Waals surface area contributed by atoms with Gasteiger partial charge in [0.2, 0.25) is 0 Å². The van der Waals surface area contributed by atoms with Crippen molar-refractivity contribution >= 4 is 11.9 Å². The molecule has 0 N–H and O–H groups in total. The lowest BCUT2D eigenvalue weighted by atomic mass is 10.0. The van der Waals surface area contributed by atoms with Crippen molar-refractivity contribution in [2.24, 2.45) is 5.92 Å². The monoisotopic (exact) mass is 382 g/mol. The minimum Gasteiger partial charge on any atom is -0.462 e. The van der Waals surface area contributed by atoms with Crippen molar-refractivity contribution in [2.45, 2.75) is 53.4 Å². The highest BCUT2D eigenvalue weighted by atomic mass is 16.5. The number of hydrogen-bond donors (Lipinski definition) is 0. The molecule has 0 aliphatic rings. The summed E-state index contributed by atoms with van der Waals surface area (Å²) in [7, 11) is 0. The third-order valence-electron chi connectivity index (χ3n) is 4.77. The molecule has 0 saturated heterocycles. The van der Waals surface area contributed by atoms with Crippen molar-refractivity contribution in [3.63, 3.8) is 0 Å². The van der Waals surface area contributed by atoms with E-state index < -0.39 is 11.9 Å². The third kappa shape index (κ3) is 6.22. The van der Waals surface area contributed by atoms with Crippen LogP contribution in [0.1, 0.15) is 71.4 Å². The summed E-state index contributed by atoms with van der Waals surface area (Å²) in [5.41, 5.74) is 2.47. The second-order valence-corrected chi connectivity index (χ2v) is 7.27. The molecule has 0 aliphatic heterocycles. The van der Waals surface area contributed by atoms with Gasteiger partial charge in [0.15, 0.2) is 0 Å². The Morgan fingerprint density at radius 3 is 2.11 bits per heavy atom. The molecular weight excluding hydrogens is 352 g/mol. The molecule has 0 spiro atoms. The van der Waals surface area contributed by atoms with E-state index in [1.807, 2.05) is 19.9 Å². The molecule has 1 atom stereocenters. The lowest BCUT2D eigenvalue weighted by Gasteiger charge is -2.15. The van der Waals surface area contributed by atoms with Crippen molar-refractivity contribution < 1.29 is 19.1 Å². The highest BCUT2D eigenvalue weighted by Crippen LogP contribution is 2.20. The Morgan fingerprint density at radius 1 is 0.929 bits per heavy atom. The number of aryl methyl sites for hydroxylation is 2. The average molecular weight is 383 g/mol. The Hall–Kier alpha value is -2.62. The van der Waals surface area contributed by atoms with Gasteiger partial charge in [0.25, 0.3) is 0 Å². The standard InChI is InChI=1S/C24H30O4/c1-5-7-10-19(6-2)16-27-23(25)21-11-8-9-12-22(21)24(26)28-20-14-17(3)13-18(4)15-20/h8-9,11-15,19H,5-7,10,16H2,1-4H3. The summed E-state index contributed by atoms with van der Waals surface area (Å²) in [6.07, 6.45) is 4.24. The molecule has 2 aromatic rings. The first-order valence-electron chi connectivity index (χ1n) is 10.0. The van der Waals surface area contributed by atoms with E-state index in [9.17, 15) is 9.59 Å². The van der Waals surface area contributed by atoms with Gasteiger partial charge in [-0.3, -0.25) is 0 Å². The van der Waals surface area contributed by atoms with Crippen LogP contribution >= 0.6 is 0 Å². The number of esters is 2. The van der Waals surface area contributed by atoms with Gasteiger partial charge in [-0.25, -0.2) is 9.59 Å². The lowest BCUT2D eigenvalue weighted by Crippen LogP contribution is -2.18. The molecule has 0 aromatic heterocycles. The molecule has 2 rings (SSSR count). The van der Waals surface area contributed by atoms with Gasteiger partial charge in [0.1, 0.15) is 5.75 Å². The number of carbonyl (C=O) groups is 2. The van der Waals surface area contributed by atoms with Gasteiger partial charge in [-0.1, -0.05) is 51.3 Å². The fourth-order valence-electron chi connectivity index (χ4n) is 3.16. The molecule has 4 heteroatoms. The van der Waals surface area contributed by atoms with E-state index >= 15 is 0 Å². The zero-order valence-electron chi connectivity index (χ0n) is 17.3. The van der Waals surface area contributed by atoms with Gasteiger partial charge in [-0.2, -0.15) is 0 Å². The molecule has 0 radical (unpaired) electrons. The van der Waals surface area contributed by atoms with E-state index in [4.69, 9.17) is 9.47 Å². The van der Waals surface area contributed by atoms with Gasteiger partial charge in [0.05, 0.1) is 17.7 Å². The normalized spacial score (nSPS) is 11.7. The molecule has 0 heterocycles. The maximum atomic E-state index is 12.7. The first kappa shape index (κ1) is 21.7. The van der Waals surface area contributed by atoms with Crippen LogP contribution in [0.15, 0.2) is 42.5 Å². The Balaban J connectivity index is 2.10. The summed E-state index contributed by atoms with van der Waals surface area (Å²) in [6.45, 7) is 8.51. The van der Waals surface area contributed by atoms with Crippen LogP contribution in [0, 0.1) is 19.8 Å². The van der Waals surface area contributed by atoms with Gasteiger partial charge >= 0.3 is 11.9 Å². The molecule has 2 aromatic carbocycles. The molecule has 0 fully saturated rings. The summed E-state index contributed by atoms with van der Waals surface area (Å²) < 4.78 is 11.0. The van der Waals surface area contributed by atoms with Crippen LogP contribution in [0.5, 0.6) is 5.75 Å². The van der Waals surface area contributed by atoms with E-state index in [1.54, 1.807) is 36.4 Å². The first-order chi connectivity index (χ1) is 13.4. The first-order valence-corrected chi connectivity index (χ1v) is 10.0. The van der Waals surface area contributed by atoms with Crippen LogP contribution in [-0.2, 0) is 4.74 Å². The zero-order chi connectivity index (χ0) is 20.5. The molecule has 0 saturated carbocycles. The topological polar surface area (TPSA) is 52.6 Å². The molecule has 1 unspecified atom stereocenters. The minimum atomic E-state index is -0.560. The van der Waals surface area contributed by atoms with Crippen LogP contribution in [0.2, 0.25) is 0 Å². The quantitative estimate of drug-likeness (QED) is 0.400. The SMILES string of the molecule is CCCCC(CC)COC(=O)c1ccccc1C(=O)Oc1cc(C)cc(C)c1. The molecular formula is C24H30O4. The molecule has 4 nitrogen and oxygen atoms in total. The van der Waals surface area contributed by atoms with E-state index in [2.05, 4.69) is 13.8 Å². The van der Waals surface area contributed by atoms with E-state index in [0.29, 0.717) is 18.3 Å². The number of carbonyl (C=O) groups excluding carboxylic acids is 2. The third-order valence-corrected chi connectivity index (χ3v) is 4.77. The summed E-state index contributed by atoms with van der Waals surface area (Å²) in [4.78, 5) is 25.3. The van der Waals surface area contributed by atoms with Crippen LogP contribution < -0.4 is 4.74 Å². The highest BCUT2D eigenvalue weighted by Gasteiger charge is 2.20. The lowest BCUT2D eigenvalue weighted by molar-refractivity contribution is 0.0422. The molecule has 0 aliphatic carbocycles. The number of hydrogen-bond acceptors (Lipinski definition) is 4. The maximum absolute atomic E-state index is 12.7. The van der Waals surface area contributed by atoms with Gasteiger partial charge in [-0.05, 0) is 61.6 Å². The summed E-state index contributed by atoms with van der Waals surface area (Å²) in [5.74, 6) is -0.229. The Bertz CT molecular complexity index is 790. The average Bonchev–Trinajstić information content (AvgIpc) is 2.67. The van der Waals surface area contributed by atoms with Crippen molar-refractivity contribution in [3.05, 3.63) is 64.7 Å². The van der Waals surface area contributed by atoms with Crippen molar-refractivity contribution in [1.82, 2.24) is 0 Å². The minimum absolute atomic E-state index is 0.216. The molecule has 150 valence electrons. The van der Waals surface area contributed by atoms with E-state index in [0.717, 1.165) is 36.8 Å². The van der Waals surface area contributed by atoms with Crippen molar-refractivity contribution in [1.29, 1.82) is 0 Å². The Labute approximate surface area is 167 Å². The Morgan fingerprint density at radius 2 is 1.54 bits per heavy atom. The predicted molar refractivity (Wildman–Crippen MR) is 111 cm³/mol. The number of unbranched alkanes of at least 4 members (excludes halogenated alkanes) is 1. The van der Waals surface area contributed by atoms with Gasteiger partial charge in [-0.15, -0.1) is 0 Å². The summed E-state index contributed by atoms with van der Waals surface area (Å²) in [6, 6.07) is 12.2. The van der Waals surface area contributed by atoms with Gasteiger partial charge < -0.3 is 9.47 Å². The summed E-state index contributed by atoms with van der Waals surface area (Å²) >= 11 is 0. The second-order valence-electron chi connectivity index (χ2n) is 7.27. The van der Waals surface area contributed by atoms with Crippen molar-refractivity contribution in [3.8, 4) is 5.75 Å². The van der Waals surface area contributed by atoms with Crippen LogP contribution in [-0.4, -0.2) is 18.5 Å². The number of ether oxygens (including phenoxy) is 2. The largest absolute Gasteiger partial charge is 0.462 e. The Kier molecular flexibility index (Phi) is 8.24.